The number of alkyl halides is 1. The van der Waals surface area contributed by atoms with Crippen molar-refractivity contribution in [3.05, 3.63) is 0 Å². The quantitative estimate of drug-likeness (QED) is 0.553. The normalized spacial score (nSPS) is 13.9. The second kappa shape index (κ2) is 9.45. The first-order valence-electron chi connectivity index (χ1n) is 6.09. The summed E-state index contributed by atoms with van der Waals surface area (Å²) in [6.45, 7) is 5.61. The molecule has 0 spiro atoms. The zero-order valence-corrected chi connectivity index (χ0v) is 12.4. The predicted molar refractivity (Wildman–Crippen MR) is 71.1 cm³/mol. The van der Waals surface area contributed by atoms with Crippen molar-refractivity contribution in [1.82, 2.24) is 5.32 Å². The number of rotatable bonds is 8. The second-order valence-electron chi connectivity index (χ2n) is 3.97. The predicted octanol–water partition coefficient (Wildman–Crippen LogP) is 2.40. The smallest absolute Gasteiger partial charge is 0.328 e. The third-order valence-electron chi connectivity index (χ3n) is 2.32. The summed E-state index contributed by atoms with van der Waals surface area (Å²) in [5.41, 5.74) is 0. The van der Waals surface area contributed by atoms with E-state index in [0.717, 1.165) is 19.3 Å². The molecule has 0 radical (unpaired) electrons. The number of ether oxygens (including phenoxy) is 1. The molecule has 0 saturated carbocycles. The minimum absolute atomic E-state index is 0.204. The van der Waals surface area contributed by atoms with Crippen molar-refractivity contribution >= 4 is 27.8 Å². The molecule has 5 heteroatoms. The van der Waals surface area contributed by atoms with E-state index in [1.165, 1.54) is 6.92 Å². The minimum atomic E-state index is -0.524. The fourth-order valence-corrected chi connectivity index (χ4v) is 2.26. The van der Waals surface area contributed by atoms with Crippen LogP contribution in [0, 0.1) is 0 Å². The van der Waals surface area contributed by atoms with Crippen LogP contribution in [0.2, 0.25) is 0 Å². The summed E-state index contributed by atoms with van der Waals surface area (Å²) in [7, 11) is 0. The fourth-order valence-electron chi connectivity index (χ4n) is 1.54. The Bertz CT molecular complexity index is 246. The summed E-state index contributed by atoms with van der Waals surface area (Å²) in [5.74, 6) is -0.552. The van der Waals surface area contributed by atoms with Crippen LogP contribution in [0.1, 0.15) is 46.5 Å². The number of carbonyl (C=O) groups is 2. The number of amides is 1. The Hall–Kier alpha value is -0.580. The van der Waals surface area contributed by atoms with E-state index in [1.807, 2.05) is 0 Å². The van der Waals surface area contributed by atoms with Crippen LogP contribution in [-0.4, -0.2) is 29.4 Å². The summed E-state index contributed by atoms with van der Waals surface area (Å²) in [5, 5.41) is 2.63. The first kappa shape index (κ1) is 16.4. The number of carbonyl (C=O) groups excluding carboxylic acids is 2. The molecule has 0 fully saturated rings. The molecule has 2 atom stereocenters. The summed E-state index contributed by atoms with van der Waals surface area (Å²) < 4.78 is 4.93. The fraction of sp³-hybridized carbons (Fsp3) is 0.833. The highest BCUT2D eigenvalue weighted by Gasteiger charge is 2.21. The molecule has 17 heavy (non-hydrogen) atoms. The Morgan fingerprint density at radius 2 is 1.88 bits per heavy atom. The van der Waals surface area contributed by atoms with E-state index in [4.69, 9.17) is 4.74 Å². The summed E-state index contributed by atoms with van der Waals surface area (Å²) in [6.07, 6.45) is 3.61. The third-order valence-corrected chi connectivity index (χ3v) is 3.23. The van der Waals surface area contributed by atoms with E-state index in [2.05, 4.69) is 28.2 Å². The molecule has 0 aliphatic heterocycles. The van der Waals surface area contributed by atoms with Gasteiger partial charge in [0.25, 0.3) is 0 Å². The molecule has 0 aromatic heterocycles. The van der Waals surface area contributed by atoms with Gasteiger partial charge in [-0.15, -0.1) is 0 Å². The monoisotopic (exact) mass is 307 g/mol. The highest BCUT2D eigenvalue weighted by molar-refractivity contribution is 9.09. The Balaban J connectivity index is 4.18. The molecule has 0 saturated heterocycles. The Morgan fingerprint density at radius 1 is 1.24 bits per heavy atom. The third kappa shape index (κ3) is 8.18. The van der Waals surface area contributed by atoms with E-state index in [-0.39, 0.29) is 11.9 Å². The number of hydrogen-bond donors (Lipinski definition) is 1. The van der Waals surface area contributed by atoms with Gasteiger partial charge in [0.15, 0.2) is 0 Å². The van der Waals surface area contributed by atoms with Crippen LogP contribution in [-0.2, 0) is 14.3 Å². The molecule has 0 rings (SSSR count). The average Bonchev–Trinajstić information content (AvgIpc) is 2.24. The van der Waals surface area contributed by atoms with Crippen molar-refractivity contribution in [3.63, 3.8) is 0 Å². The average molecular weight is 308 g/mol. The molecular formula is C12H22BrNO3. The molecule has 0 aromatic rings. The number of halogens is 1. The van der Waals surface area contributed by atoms with Gasteiger partial charge in [0, 0.05) is 11.8 Å². The first-order valence-corrected chi connectivity index (χ1v) is 7.00. The Labute approximate surface area is 112 Å². The summed E-state index contributed by atoms with van der Waals surface area (Å²) >= 11 is 3.56. The highest BCUT2D eigenvalue weighted by atomic mass is 79.9. The van der Waals surface area contributed by atoms with E-state index in [0.29, 0.717) is 17.9 Å². The number of nitrogens with one attached hydrogen (secondary N) is 1. The molecule has 4 nitrogen and oxygen atoms in total. The molecule has 0 heterocycles. The van der Waals surface area contributed by atoms with Crippen LogP contribution in [0.5, 0.6) is 0 Å². The van der Waals surface area contributed by atoms with Crippen LogP contribution in [0.25, 0.3) is 0 Å². The minimum Gasteiger partial charge on any atom is -0.464 e. The van der Waals surface area contributed by atoms with Gasteiger partial charge in [0.05, 0.1) is 6.61 Å². The van der Waals surface area contributed by atoms with Crippen molar-refractivity contribution in [1.29, 1.82) is 0 Å². The van der Waals surface area contributed by atoms with Gasteiger partial charge in [-0.1, -0.05) is 29.3 Å². The zero-order chi connectivity index (χ0) is 13.3. The molecule has 0 aliphatic carbocycles. The van der Waals surface area contributed by atoms with Gasteiger partial charge in [-0.25, -0.2) is 4.79 Å². The summed E-state index contributed by atoms with van der Waals surface area (Å²) in [6, 6.07) is -0.524. The largest absolute Gasteiger partial charge is 0.464 e. The van der Waals surface area contributed by atoms with Crippen LogP contribution in [0.15, 0.2) is 0 Å². The molecule has 0 aromatic carbocycles. The Morgan fingerprint density at radius 3 is 2.35 bits per heavy atom. The lowest BCUT2D eigenvalue weighted by molar-refractivity contribution is -0.147. The molecule has 1 N–H and O–H groups in total. The van der Waals surface area contributed by atoms with Crippen molar-refractivity contribution in [2.75, 3.05) is 6.61 Å². The topological polar surface area (TPSA) is 55.4 Å². The maximum absolute atomic E-state index is 11.6. The van der Waals surface area contributed by atoms with Crippen LogP contribution >= 0.6 is 15.9 Å². The van der Waals surface area contributed by atoms with Gasteiger partial charge in [-0.05, 0) is 26.2 Å². The van der Waals surface area contributed by atoms with Gasteiger partial charge in [0.1, 0.15) is 6.04 Å². The van der Waals surface area contributed by atoms with Crippen LogP contribution in [0.4, 0.5) is 0 Å². The molecule has 0 bridgehead atoms. The molecular weight excluding hydrogens is 286 g/mol. The van der Waals surface area contributed by atoms with E-state index < -0.39 is 6.04 Å². The maximum Gasteiger partial charge on any atom is 0.328 e. The van der Waals surface area contributed by atoms with Crippen molar-refractivity contribution in [3.8, 4) is 0 Å². The molecule has 2 unspecified atom stereocenters. The van der Waals surface area contributed by atoms with Crippen LogP contribution in [0.3, 0.4) is 0 Å². The molecule has 0 aliphatic rings. The highest BCUT2D eigenvalue weighted by Crippen LogP contribution is 2.16. The first-order chi connectivity index (χ1) is 8.01. The second-order valence-corrected chi connectivity index (χ2v) is 5.26. The number of hydrogen-bond acceptors (Lipinski definition) is 3. The SMILES string of the molecule is CCCC(Br)CCC(NC(C)=O)C(=O)OCC. The van der Waals surface area contributed by atoms with Crippen molar-refractivity contribution in [2.24, 2.45) is 0 Å². The molecule has 100 valence electrons. The lowest BCUT2D eigenvalue weighted by Crippen LogP contribution is -2.41. The van der Waals surface area contributed by atoms with Crippen LogP contribution < -0.4 is 5.32 Å². The number of esters is 1. The summed E-state index contributed by atoms with van der Waals surface area (Å²) in [4.78, 5) is 23.0. The standard InChI is InChI=1S/C12H22BrNO3/c1-4-6-10(13)7-8-11(14-9(3)15)12(16)17-5-2/h10-11H,4-8H2,1-3H3,(H,14,15). The lowest BCUT2D eigenvalue weighted by Gasteiger charge is -2.17. The lowest BCUT2D eigenvalue weighted by atomic mass is 10.1. The maximum atomic E-state index is 11.6. The Kier molecular flexibility index (Phi) is 9.13. The van der Waals surface area contributed by atoms with Gasteiger partial charge in [0.2, 0.25) is 5.91 Å². The van der Waals surface area contributed by atoms with Gasteiger partial charge < -0.3 is 10.1 Å². The zero-order valence-electron chi connectivity index (χ0n) is 10.8. The van der Waals surface area contributed by atoms with E-state index >= 15 is 0 Å². The van der Waals surface area contributed by atoms with E-state index in [1.54, 1.807) is 6.92 Å². The van der Waals surface area contributed by atoms with E-state index in [9.17, 15) is 9.59 Å². The van der Waals surface area contributed by atoms with Gasteiger partial charge in [-0.3, -0.25) is 4.79 Å². The molecule has 1 amide bonds. The van der Waals surface area contributed by atoms with Crippen molar-refractivity contribution < 1.29 is 14.3 Å². The van der Waals surface area contributed by atoms with Gasteiger partial charge in [-0.2, -0.15) is 0 Å². The van der Waals surface area contributed by atoms with Gasteiger partial charge >= 0.3 is 5.97 Å². The van der Waals surface area contributed by atoms with Crippen molar-refractivity contribution in [2.45, 2.75) is 57.3 Å².